The van der Waals surface area contributed by atoms with Crippen LogP contribution in [-0.4, -0.2) is 32.8 Å². The molecular weight excluding hydrogens is 330 g/mol. The van der Waals surface area contributed by atoms with E-state index < -0.39 is 0 Å². The lowest BCUT2D eigenvalue weighted by Gasteiger charge is -2.41. The minimum Gasteiger partial charge on any atom is -0.355 e. The molecule has 3 rings (SSSR count). The Hall–Kier alpha value is -1.17. The van der Waals surface area contributed by atoms with Crippen molar-refractivity contribution in [2.75, 3.05) is 18.0 Å². The molecule has 0 aliphatic carbocycles. The highest BCUT2D eigenvalue weighted by Crippen LogP contribution is 2.38. The Bertz CT molecular complexity index is 649. The zero-order chi connectivity index (χ0) is 15.0. The van der Waals surface area contributed by atoms with Crippen LogP contribution < -0.4 is 4.90 Å². The fourth-order valence-electron chi connectivity index (χ4n) is 3.57. The van der Waals surface area contributed by atoms with E-state index in [4.69, 9.17) is 0 Å². The van der Waals surface area contributed by atoms with Gasteiger partial charge in [-0.1, -0.05) is 20.3 Å². The van der Waals surface area contributed by atoms with Crippen molar-refractivity contribution in [3.05, 3.63) is 10.9 Å². The summed E-state index contributed by atoms with van der Waals surface area (Å²) in [4.78, 5) is 11.3. The van der Waals surface area contributed by atoms with Gasteiger partial charge < -0.3 is 4.90 Å². The second-order valence-corrected chi connectivity index (χ2v) is 7.15. The zero-order valence-electron chi connectivity index (χ0n) is 12.9. The van der Waals surface area contributed by atoms with E-state index in [9.17, 15) is 0 Å². The first kappa shape index (κ1) is 14.8. The zero-order valence-corrected chi connectivity index (χ0v) is 14.5. The smallest absolute Gasteiger partial charge is 0.164 e. The molecule has 0 saturated carbocycles. The molecule has 3 heterocycles. The molecule has 21 heavy (non-hydrogen) atoms. The highest BCUT2D eigenvalue weighted by atomic mass is 79.9. The van der Waals surface area contributed by atoms with E-state index in [2.05, 4.69) is 49.7 Å². The highest BCUT2D eigenvalue weighted by molar-refractivity contribution is 9.10. The lowest BCUT2D eigenvalue weighted by atomic mass is 9.78. The number of hydrogen-bond acceptors (Lipinski definition) is 4. The topological polar surface area (TPSA) is 46.8 Å². The van der Waals surface area contributed by atoms with E-state index in [-0.39, 0.29) is 0 Å². The summed E-state index contributed by atoms with van der Waals surface area (Å²) in [5.74, 6) is 1.02. The van der Waals surface area contributed by atoms with Crippen molar-refractivity contribution in [2.24, 2.45) is 12.5 Å². The van der Waals surface area contributed by atoms with Gasteiger partial charge in [0.15, 0.2) is 5.65 Å². The van der Waals surface area contributed by atoms with Gasteiger partial charge in [0.1, 0.15) is 16.7 Å². The standard InChI is InChI=1S/C15H22BrN5/c1-4-6-15(2)7-5-8-21(9-15)14-11-12(16)19-20(3)13(11)17-10-18-14/h10H,4-9H2,1-3H3. The van der Waals surface area contributed by atoms with Crippen molar-refractivity contribution < 1.29 is 0 Å². The van der Waals surface area contributed by atoms with Gasteiger partial charge in [-0.15, -0.1) is 0 Å². The first-order chi connectivity index (χ1) is 10.0. The van der Waals surface area contributed by atoms with Gasteiger partial charge in [0.2, 0.25) is 0 Å². The molecule has 2 aromatic rings. The Balaban J connectivity index is 2.00. The van der Waals surface area contributed by atoms with Crippen molar-refractivity contribution >= 4 is 32.8 Å². The average molecular weight is 352 g/mol. The van der Waals surface area contributed by atoms with Crippen LogP contribution in [0.1, 0.15) is 39.5 Å². The summed E-state index contributed by atoms with van der Waals surface area (Å²) >= 11 is 3.56. The maximum absolute atomic E-state index is 4.56. The Morgan fingerprint density at radius 2 is 2.19 bits per heavy atom. The lowest BCUT2D eigenvalue weighted by Crippen LogP contribution is -2.42. The Kier molecular flexibility index (Phi) is 3.90. The molecule has 0 amide bonds. The van der Waals surface area contributed by atoms with Crippen molar-refractivity contribution in [1.29, 1.82) is 0 Å². The molecule has 1 aliphatic rings. The van der Waals surface area contributed by atoms with Crippen molar-refractivity contribution in [3.63, 3.8) is 0 Å². The minimum atomic E-state index is 0.388. The van der Waals surface area contributed by atoms with Gasteiger partial charge in [-0.25, -0.2) is 14.6 Å². The molecule has 1 aliphatic heterocycles. The Morgan fingerprint density at radius 1 is 1.38 bits per heavy atom. The molecule has 1 fully saturated rings. The number of rotatable bonds is 3. The van der Waals surface area contributed by atoms with Crippen molar-refractivity contribution in [1.82, 2.24) is 19.7 Å². The highest BCUT2D eigenvalue weighted by Gasteiger charge is 2.32. The van der Waals surface area contributed by atoms with Crippen molar-refractivity contribution in [2.45, 2.75) is 39.5 Å². The number of aryl methyl sites for hydroxylation is 1. The SMILES string of the molecule is CCCC1(C)CCCN(c2ncnc3c2c(Br)nn3C)C1. The maximum Gasteiger partial charge on any atom is 0.164 e. The molecule has 0 aromatic carbocycles. The minimum absolute atomic E-state index is 0.388. The molecule has 1 unspecified atom stereocenters. The largest absolute Gasteiger partial charge is 0.355 e. The van der Waals surface area contributed by atoms with Gasteiger partial charge >= 0.3 is 0 Å². The number of fused-ring (bicyclic) bond motifs is 1. The number of hydrogen-bond donors (Lipinski definition) is 0. The number of nitrogens with zero attached hydrogens (tertiary/aromatic N) is 5. The molecule has 1 saturated heterocycles. The molecule has 1 atom stereocenters. The first-order valence-corrected chi connectivity index (χ1v) is 8.41. The van der Waals surface area contributed by atoms with E-state index in [0.29, 0.717) is 5.41 Å². The third-order valence-electron chi connectivity index (χ3n) is 4.49. The Labute approximate surface area is 133 Å². The monoisotopic (exact) mass is 351 g/mol. The van der Waals surface area contributed by atoms with Crippen LogP contribution in [0.5, 0.6) is 0 Å². The molecular formula is C15H22BrN5. The van der Waals surface area contributed by atoms with E-state index in [0.717, 1.165) is 34.5 Å². The number of aromatic nitrogens is 4. The van der Waals surface area contributed by atoms with Crippen LogP contribution >= 0.6 is 15.9 Å². The van der Waals surface area contributed by atoms with Gasteiger partial charge in [0.25, 0.3) is 0 Å². The van der Waals surface area contributed by atoms with Crippen LogP contribution in [0.15, 0.2) is 10.9 Å². The lowest BCUT2D eigenvalue weighted by molar-refractivity contribution is 0.238. The molecule has 0 N–H and O–H groups in total. The predicted molar refractivity (Wildman–Crippen MR) is 88.5 cm³/mol. The average Bonchev–Trinajstić information content (AvgIpc) is 2.74. The fraction of sp³-hybridized carbons (Fsp3) is 0.667. The summed E-state index contributed by atoms with van der Waals surface area (Å²) in [6, 6.07) is 0. The number of halogens is 1. The summed E-state index contributed by atoms with van der Waals surface area (Å²) < 4.78 is 2.64. The van der Waals surface area contributed by atoms with E-state index >= 15 is 0 Å². The summed E-state index contributed by atoms with van der Waals surface area (Å²) in [6.45, 7) is 6.80. The van der Waals surface area contributed by atoms with Gasteiger partial charge in [0.05, 0.1) is 5.39 Å². The van der Waals surface area contributed by atoms with Crippen molar-refractivity contribution in [3.8, 4) is 0 Å². The molecule has 0 bridgehead atoms. The molecule has 2 aromatic heterocycles. The van der Waals surface area contributed by atoms with Crippen LogP contribution in [0.2, 0.25) is 0 Å². The number of piperidine rings is 1. The van der Waals surface area contributed by atoms with E-state index in [1.165, 1.54) is 25.7 Å². The van der Waals surface area contributed by atoms with Crippen LogP contribution in [0, 0.1) is 5.41 Å². The van der Waals surface area contributed by atoms with E-state index in [1.807, 2.05) is 7.05 Å². The second kappa shape index (κ2) is 5.55. The molecule has 114 valence electrons. The second-order valence-electron chi connectivity index (χ2n) is 6.40. The Morgan fingerprint density at radius 3 is 2.95 bits per heavy atom. The quantitative estimate of drug-likeness (QED) is 0.848. The summed E-state index contributed by atoms with van der Waals surface area (Å²) in [5.41, 5.74) is 1.27. The van der Waals surface area contributed by atoms with E-state index in [1.54, 1.807) is 11.0 Å². The maximum atomic E-state index is 4.56. The summed E-state index contributed by atoms with van der Waals surface area (Å²) in [7, 11) is 1.92. The molecule has 0 radical (unpaired) electrons. The summed E-state index contributed by atoms with van der Waals surface area (Å²) in [5, 5.41) is 5.45. The van der Waals surface area contributed by atoms with Crippen LogP contribution in [-0.2, 0) is 7.05 Å². The fourth-order valence-corrected chi connectivity index (χ4v) is 4.16. The number of anilines is 1. The van der Waals surface area contributed by atoms with Crippen LogP contribution in [0.25, 0.3) is 11.0 Å². The van der Waals surface area contributed by atoms with Gasteiger partial charge in [-0.05, 0) is 40.6 Å². The van der Waals surface area contributed by atoms with Crippen LogP contribution in [0.4, 0.5) is 5.82 Å². The van der Waals surface area contributed by atoms with Gasteiger partial charge in [-0.3, -0.25) is 0 Å². The summed E-state index contributed by atoms with van der Waals surface area (Å²) in [6.07, 6.45) is 6.68. The van der Waals surface area contributed by atoms with Gasteiger partial charge in [-0.2, -0.15) is 5.10 Å². The molecule has 5 nitrogen and oxygen atoms in total. The van der Waals surface area contributed by atoms with Crippen LogP contribution in [0.3, 0.4) is 0 Å². The molecule has 6 heteroatoms. The predicted octanol–water partition coefficient (Wildman–Crippen LogP) is 3.53. The normalized spacial score (nSPS) is 23.0. The third-order valence-corrected chi connectivity index (χ3v) is 5.05. The molecule has 0 spiro atoms. The first-order valence-electron chi connectivity index (χ1n) is 7.62. The van der Waals surface area contributed by atoms with Gasteiger partial charge in [0, 0.05) is 20.1 Å². The third kappa shape index (κ3) is 2.65.